The van der Waals surface area contributed by atoms with E-state index in [0.717, 1.165) is 34.7 Å². The van der Waals surface area contributed by atoms with E-state index in [9.17, 15) is 4.79 Å². The Balaban J connectivity index is 1.56. The number of aryl methyl sites for hydroxylation is 1. The molecule has 6 heteroatoms. The van der Waals surface area contributed by atoms with Crippen molar-refractivity contribution in [3.63, 3.8) is 0 Å². The van der Waals surface area contributed by atoms with E-state index >= 15 is 0 Å². The molecule has 0 atom stereocenters. The Hall–Kier alpha value is -2.89. The Labute approximate surface area is 146 Å². The van der Waals surface area contributed by atoms with Crippen molar-refractivity contribution in [2.75, 3.05) is 18.9 Å². The van der Waals surface area contributed by atoms with Crippen LogP contribution in [0.25, 0.3) is 10.9 Å². The van der Waals surface area contributed by atoms with Crippen molar-refractivity contribution in [3.05, 3.63) is 53.3 Å². The third-order valence-electron chi connectivity index (χ3n) is 4.86. The van der Waals surface area contributed by atoms with Crippen LogP contribution in [0.3, 0.4) is 0 Å². The Morgan fingerprint density at radius 2 is 2.08 bits per heavy atom. The molecule has 0 radical (unpaired) electrons. The fourth-order valence-electron chi connectivity index (χ4n) is 3.46. The highest BCUT2D eigenvalue weighted by Crippen LogP contribution is 2.22. The molecule has 0 saturated carbocycles. The molecule has 1 amide bonds. The third-order valence-corrected chi connectivity index (χ3v) is 4.86. The first-order valence-electron chi connectivity index (χ1n) is 8.51. The minimum absolute atomic E-state index is 0.137. The van der Waals surface area contributed by atoms with Crippen LogP contribution in [0.1, 0.15) is 17.0 Å². The molecule has 25 heavy (non-hydrogen) atoms. The standard InChI is InChI=1S/C19H21N5O/c1-13-9-14-5-3-4-6-17(14)24(13)12-19(25)23-8-7-16-15(11-23)10-18(20-2)22-21-16/h3-6,9-10H,7-8,11-12H2,1-2H3,(H,20,22). The van der Waals surface area contributed by atoms with Crippen molar-refractivity contribution < 1.29 is 4.79 Å². The third kappa shape index (κ3) is 2.84. The summed E-state index contributed by atoms with van der Waals surface area (Å²) in [6.07, 6.45) is 0.753. The van der Waals surface area contributed by atoms with Gasteiger partial charge in [-0.25, -0.2) is 0 Å². The van der Waals surface area contributed by atoms with E-state index in [0.29, 0.717) is 19.6 Å². The number of fused-ring (bicyclic) bond motifs is 2. The summed E-state index contributed by atoms with van der Waals surface area (Å²) in [7, 11) is 1.82. The maximum Gasteiger partial charge on any atom is 0.242 e. The number of amides is 1. The minimum Gasteiger partial charge on any atom is -0.372 e. The second-order valence-corrected chi connectivity index (χ2v) is 6.45. The summed E-state index contributed by atoms with van der Waals surface area (Å²) in [6, 6.07) is 12.3. The average Bonchev–Trinajstić information content (AvgIpc) is 2.96. The molecule has 6 nitrogen and oxygen atoms in total. The van der Waals surface area contributed by atoms with Gasteiger partial charge in [0.2, 0.25) is 5.91 Å². The molecule has 0 spiro atoms. The molecule has 4 rings (SSSR count). The maximum atomic E-state index is 12.9. The van der Waals surface area contributed by atoms with E-state index in [4.69, 9.17) is 0 Å². The zero-order valence-corrected chi connectivity index (χ0v) is 14.5. The van der Waals surface area contributed by atoms with Crippen LogP contribution in [0.15, 0.2) is 36.4 Å². The summed E-state index contributed by atoms with van der Waals surface area (Å²) in [6.45, 7) is 3.70. The van der Waals surface area contributed by atoms with Crippen molar-refractivity contribution >= 4 is 22.6 Å². The number of nitrogens with zero attached hydrogens (tertiary/aromatic N) is 4. The molecule has 3 heterocycles. The second-order valence-electron chi connectivity index (χ2n) is 6.45. The van der Waals surface area contributed by atoms with Crippen molar-refractivity contribution in [1.29, 1.82) is 0 Å². The van der Waals surface area contributed by atoms with Gasteiger partial charge >= 0.3 is 0 Å². The topological polar surface area (TPSA) is 63.1 Å². The van der Waals surface area contributed by atoms with Crippen molar-refractivity contribution in [2.24, 2.45) is 0 Å². The van der Waals surface area contributed by atoms with Crippen LogP contribution in [0.2, 0.25) is 0 Å². The number of nitrogens with one attached hydrogen (secondary N) is 1. The molecule has 1 N–H and O–H groups in total. The van der Waals surface area contributed by atoms with Gasteiger partial charge in [-0.2, -0.15) is 5.10 Å². The first kappa shape index (κ1) is 15.6. The Morgan fingerprint density at radius 1 is 1.24 bits per heavy atom. The molecule has 0 aliphatic carbocycles. The van der Waals surface area contributed by atoms with Crippen LogP contribution >= 0.6 is 0 Å². The smallest absolute Gasteiger partial charge is 0.242 e. The number of carbonyl (C=O) groups is 1. The molecular formula is C19H21N5O. The van der Waals surface area contributed by atoms with Gasteiger partial charge < -0.3 is 14.8 Å². The van der Waals surface area contributed by atoms with Crippen LogP contribution in [0.4, 0.5) is 5.82 Å². The largest absolute Gasteiger partial charge is 0.372 e. The van der Waals surface area contributed by atoms with Gasteiger partial charge in [0.1, 0.15) is 12.4 Å². The fraction of sp³-hybridized carbons (Fsp3) is 0.316. The van der Waals surface area contributed by atoms with E-state index in [1.165, 1.54) is 5.39 Å². The molecule has 0 saturated heterocycles. The van der Waals surface area contributed by atoms with E-state index in [1.807, 2.05) is 37.1 Å². The highest BCUT2D eigenvalue weighted by Gasteiger charge is 2.23. The van der Waals surface area contributed by atoms with Crippen LogP contribution < -0.4 is 5.32 Å². The lowest BCUT2D eigenvalue weighted by atomic mass is 10.1. The maximum absolute atomic E-state index is 12.9. The van der Waals surface area contributed by atoms with Crippen molar-refractivity contribution in [2.45, 2.75) is 26.4 Å². The molecule has 3 aromatic rings. The summed E-state index contributed by atoms with van der Waals surface area (Å²) in [5.74, 6) is 0.873. The second kappa shape index (κ2) is 6.20. The molecule has 2 aromatic heterocycles. The molecular weight excluding hydrogens is 314 g/mol. The highest BCUT2D eigenvalue weighted by atomic mass is 16.2. The van der Waals surface area contributed by atoms with Crippen LogP contribution in [0.5, 0.6) is 0 Å². The number of benzene rings is 1. The monoisotopic (exact) mass is 335 g/mol. The predicted molar refractivity (Wildman–Crippen MR) is 97.4 cm³/mol. The molecule has 0 unspecified atom stereocenters. The van der Waals surface area contributed by atoms with Crippen LogP contribution in [0, 0.1) is 6.92 Å². The van der Waals surface area contributed by atoms with Crippen LogP contribution in [-0.2, 0) is 24.3 Å². The zero-order chi connectivity index (χ0) is 17.4. The number of anilines is 1. The van der Waals surface area contributed by atoms with E-state index in [1.54, 1.807) is 0 Å². The molecule has 1 aliphatic heterocycles. The SMILES string of the molecule is CNc1cc2c(nn1)CCN(C(=O)Cn1c(C)cc3ccccc31)C2. The van der Waals surface area contributed by atoms with Gasteiger partial charge in [-0.15, -0.1) is 5.10 Å². The fourth-order valence-corrected chi connectivity index (χ4v) is 3.46. The highest BCUT2D eigenvalue weighted by molar-refractivity contribution is 5.84. The van der Waals surface area contributed by atoms with Gasteiger partial charge in [-0.05, 0) is 36.1 Å². The normalized spacial score (nSPS) is 13.8. The summed E-state index contributed by atoms with van der Waals surface area (Å²) in [5, 5.41) is 12.6. The van der Waals surface area contributed by atoms with Crippen molar-refractivity contribution in [3.8, 4) is 0 Å². The molecule has 0 fully saturated rings. The van der Waals surface area contributed by atoms with Gasteiger partial charge in [0.25, 0.3) is 0 Å². The van der Waals surface area contributed by atoms with E-state index < -0.39 is 0 Å². The lowest BCUT2D eigenvalue weighted by molar-refractivity contribution is -0.132. The first-order valence-corrected chi connectivity index (χ1v) is 8.51. The number of aromatic nitrogens is 3. The minimum atomic E-state index is 0.137. The Morgan fingerprint density at radius 3 is 2.92 bits per heavy atom. The first-order chi connectivity index (χ1) is 12.2. The number of rotatable bonds is 3. The predicted octanol–water partition coefficient (Wildman–Crippen LogP) is 2.37. The van der Waals surface area contributed by atoms with Crippen molar-refractivity contribution in [1.82, 2.24) is 19.7 Å². The number of carbonyl (C=O) groups excluding carboxylic acids is 1. The molecule has 0 bridgehead atoms. The van der Waals surface area contributed by atoms with Gasteiger partial charge in [0, 0.05) is 37.8 Å². The Bertz CT molecular complexity index is 946. The summed E-state index contributed by atoms with van der Waals surface area (Å²) >= 11 is 0. The quantitative estimate of drug-likeness (QED) is 0.798. The lowest BCUT2D eigenvalue weighted by Gasteiger charge is -2.28. The summed E-state index contributed by atoms with van der Waals surface area (Å²) in [5.41, 5.74) is 4.28. The van der Waals surface area contributed by atoms with Gasteiger partial charge in [-0.3, -0.25) is 4.79 Å². The number of hydrogen-bond acceptors (Lipinski definition) is 4. The summed E-state index contributed by atoms with van der Waals surface area (Å²) in [4.78, 5) is 14.8. The molecule has 1 aliphatic rings. The number of para-hydroxylation sites is 1. The van der Waals surface area contributed by atoms with Gasteiger partial charge in [0.05, 0.1) is 5.69 Å². The van der Waals surface area contributed by atoms with E-state index in [2.05, 4.69) is 38.3 Å². The Kier molecular flexibility index (Phi) is 3.87. The molecule has 128 valence electrons. The molecule has 1 aromatic carbocycles. The van der Waals surface area contributed by atoms with Gasteiger partial charge in [0.15, 0.2) is 0 Å². The zero-order valence-electron chi connectivity index (χ0n) is 14.5. The van der Waals surface area contributed by atoms with Crippen LogP contribution in [-0.4, -0.2) is 39.2 Å². The summed E-state index contributed by atoms with van der Waals surface area (Å²) < 4.78 is 2.09. The number of hydrogen-bond donors (Lipinski definition) is 1. The lowest BCUT2D eigenvalue weighted by Crippen LogP contribution is -2.38. The van der Waals surface area contributed by atoms with Gasteiger partial charge in [-0.1, -0.05) is 18.2 Å². The average molecular weight is 335 g/mol. The van der Waals surface area contributed by atoms with E-state index in [-0.39, 0.29) is 5.91 Å².